The van der Waals surface area contributed by atoms with Gasteiger partial charge in [0.25, 0.3) is 0 Å². The monoisotopic (exact) mass is 425 g/mol. The number of hydrogen-bond acceptors (Lipinski definition) is 7. The summed E-state index contributed by atoms with van der Waals surface area (Å²) in [7, 11) is 1.83. The lowest BCUT2D eigenvalue weighted by molar-refractivity contribution is 0.0119. The number of nitrogens with zero attached hydrogens (tertiary/aromatic N) is 7. The number of nitriles is 1. The Bertz CT molecular complexity index is 971. The average molecular weight is 426 g/mol. The number of anilines is 1. The first-order valence-electron chi connectivity index (χ1n) is 10.6. The fourth-order valence-corrected chi connectivity index (χ4v) is 3.72. The Kier molecular flexibility index (Phi) is 6.48. The van der Waals surface area contributed by atoms with Crippen molar-refractivity contribution < 1.29 is 9.53 Å². The van der Waals surface area contributed by atoms with Crippen LogP contribution in [0.3, 0.4) is 0 Å². The molecule has 1 atom stereocenters. The number of rotatable bonds is 4. The third-order valence-electron chi connectivity index (χ3n) is 5.01. The largest absolute Gasteiger partial charge is 0.444 e. The molecule has 1 aliphatic heterocycles. The van der Waals surface area contributed by atoms with Crippen molar-refractivity contribution in [2.45, 2.75) is 52.7 Å². The molecule has 2 aromatic rings. The van der Waals surface area contributed by atoms with Crippen LogP contribution in [0.25, 0.3) is 11.4 Å². The van der Waals surface area contributed by atoms with Crippen molar-refractivity contribution in [2.24, 2.45) is 13.0 Å². The summed E-state index contributed by atoms with van der Waals surface area (Å²) in [5.41, 5.74) is 0.663. The number of hydrogen-bond donors (Lipinski definition) is 0. The van der Waals surface area contributed by atoms with Crippen LogP contribution in [-0.4, -0.2) is 62.0 Å². The summed E-state index contributed by atoms with van der Waals surface area (Å²) < 4.78 is 7.32. The predicted octanol–water partition coefficient (Wildman–Crippen LogP) is 3.22. The molecule has 0 aliphatic carbocycles. The topological polar surface area (TPSA) is 100 Å². The number of amides is 1. The molecule has 3 heterocycles. The van der Waals surface area contributed by atoms with E-state index >= 15 is 0 Å². The zero-order chi connectivity index (χ0) is 22.8. The number of piperazine rings is 1. The zero-order valence-corrected chi connectivity index (χ0v) is 19.2. The highest BCUT2D eigenvalue weighted by Gasteiger charge is 2.35. The van der Waals surface area contributed by atoms with Crippen molar-refractivity contribution in [2.75, 3.05) is 24.5 Å². The first-order valence-corrected chi connectivity index (χ1v) is 10.6. The van der Waals surface area contributed by atoms with Gasteiger partial charge in [0.1, 0.15) is 17.2 Å². The third-order valence-corrected chi connectivity index (χ3v) is 5.01. The molecule has 1 amide bonds. The molecule has 1 saturated heterocycles. The Morgan fingerprint density at radius 2 is 2.06 bits per heavy atom. The van der Waals surface area contributed by atoms with Crippen LogP contribution < -0.4 is 4.90 Å². The molecule has 0 radical (unpaired) electrons. The minimum Gasteiger partial charge on any atom is -0.444 e. The fraction of sp³-hybridized carbons (Fsp3) is 0.591. The zero-order valence-electron chi connectivity index (χ0n) is 19.2. The van der Waals surface area contributed by atoms with Crippen LogP contribution in [0.4, 0.5) is 10.6 Å². The predicted molar refractivity (Wildman–Crippen MR) is 117 cm³/mol. The van der Waals surface area contributed by atoms with Gasteiger partial charge < -0.3 is 14.5 Å². The normalized spacial score (nSPS) is 17.0. The van der Waals surface area contributed by atoms with E-state index in [9.17, 15) is 10.1 Å². The van der Waals surface area contributed by atoms with E-state index in [0.717, 1.165) is 12.0 Å². The lowest BCUT2D eigenvalue weighted by Crippen LogP contribution is -2.56. The van der Waals surface area contributed by atoms with Crippen LogP contribution >= 0.6 is 0 Å². The van der Waals surface area contributed by atoms with E-state index in [1.165, 1.54) is 0 Å². The van der Waals surface area contributed by atoms with Gasteiger partial charge in [-0.3, -0.25) is 4.68 Å². The molecule has 1 fully saturated rings. The van der Waals surface area contributed by atoms with Crippen LogP contribution in [0.5, 0.6) is 0 Å². The molecule has 0 spiro atoms. The number of carbonyl (C=O) groups is 1. The molecule has 9 heteroatoms. The molecule has 2 aromatic heterocycles. The second-order valence-corrected chi connectivity index (χ2v) is 9.35. The minimum absolute atomic E-state index is 0.0352. The van der Waals surface area contributed by atoms with E-state index < -0.39 is 5.60 Å². The van der Waals surface area contributed by atoms with Crippen LogP contribution in [0, 0.1) is 17.2 Å². The van der Waals surface area contributed by atoms with E-state index in [-0.39, 0.29) is 12.1 Å². The lowest BCUT2D eigenvalue weighted by Gasteiger charge is -2.43. The lowest BCUT2D eigenvalue weighted by atomic mass is 10.00. The second kappa shape index (κ2) is 8.92. The fourth-order valence-electron chi connectivity index (χ4n) is 3.72. The van der Waals surface area contributed by atoms with Crippen molar-refractivity contribution in [3.05, 3.63) is 24.2 Å². The maximum atomic E-state index is 12.8. The van der Waals surface area contributed by atoms with Crippen molar-refractivity contribution in [3.8, 4) is 17.5 Å². The first-order chi connectivity index (χ1) is 14.6. The summed E-state index contributed by atoms with van der Waals surface area (Å²) in [4.78, 5) is 25.7. The molecule has 0 bridgehead atoms. The smallest absolute Gasteiger partial charge is 0.410 e. The van der Waals surface area contributed by atoms with E-state index in [4.69, 9.17) is 9.72 Å². The maximum Gasteiger partial charge on any atom is 0.410 e. The van der Waals surface area contributed by atoms with Crippen molar-refractivity contribution in [1.29, 1.82) is 5.26 Å². The molecule has 166 valence electrons. The number of ether oxygens (including phenoxy) is 1. The van der Waals surface area contributed by atoms with Crippen molar-refractivity contribution >= 4 is 11.9 Å². The van der Waals surface area contributed by atoms with Gasteiger partial charge in [0, 0.05) is 32.9 Å². The summed E-state index contributed by atoms with van der Waals surface area (Å²) in [5.74, 6) is 1.52. The van der Waals surface area contributed by atoms with Gasteiger partial charge in [-0.2, -0.15) is 10.4 Å². The average Bonchev–Trinajstić information content (AvgIpc) is 3.12. The summed E-state index contributed by atoms with van der Waals surface area (Å²) in [6.45, 7) is 11.5. The van der Waals surface area contributed by atoms with Gasteiger partial charge in [0.2, 0.25) is 0 Å². The summed E-state index contributed by atoms with van der Waals surface area (Å²) in [6.07, 6.45) is 5.64. The number of carbonyl (C=O) groups excluding carboxylic acids is 1. The molecule has 3 rings (SSSR count). The highest BCUT2D eigenvalue weighted by atomic mass is 16.6. The Labute approximate surface area is 183 Å². The van der Waals surface area contributed by atoms with Gasteiger partial charge >= 0.3 is 6.09 Å². The maximum absolute atomic E-state index is 12.8. The van der Waals surface area contributed by atoms with Gasteiger partial charge in [-0.25, -0.2) is 14.8 Å². The molecule has 0 N–H and O–H groups in total. The van der Waals surface area contributed by atoms with E-state index in [2.05, 4.69) is 34.9 Å². The minimum atomic E-state index is -0.546. The molecule has 31 heavy (non-hydrogen) atoms. The van der Waals surface area contributed by atoms with Crippen LogP contribution in [0.2, 0.25) is 0 Å². The summed E-state index contributed by atoms with van der Waals surface area (Å²) in [6, 6.07) is 2.17. The molecule has 9 nitrogen and oxygen atoms in total. The van der Waals surface area contributed by atoms with Gasteiger partial charge in [-0.05, 0) is 33.1 Å². The Balaban J connectivity index is 1.88. The van der Waals surface area contributed by atoms with Crippen LogP contribution in [-0.2, 0) is 11.8 Å². The second-order valence-electron chi connectivity index (χ2n) is 9.35. The van der Waals surface area contributed by atoms with Crippen molar-refractivity contribution in [3.63, 3.8) is 0 Å². The van der Waals surface area contributed by atoms with Crippen LogP contribution in [0.15, 0.2) is 18.6 Å². The quantitative estimate of drug-likeness (QED) is 0.741. The van der Waals surface area contributed by atoms with Crippen molar-refractivity contribution in [1.82, 2.24) is 24.6 Å². The standard InChI is InChI=1S/C22H31N7O2/c1-15(2)9-18-14-28(7-8-29(18)21(30)31-22(3,4)5)20-16(10-23)11-24-19(26-20)17-12-25-27(6)13-17/h11-13,15,18H,7-9,14H2,1-6H3/t18-/m1/s1. The summed E-state index contributed by atoms with van der Waals surface area (Å²) in [5, 5.41) is 13.8. The molecule has 0 saturated carbocycles. The van der Waals surface area contributed by atoms with Gasteiger partial charge in [0.05, 0.1) is 24.0 Å². The highest BCUT2D eigenvalue weighted by Crippen LogP contribution is 2.27. The highest BCUT2D eigenvalue weighted by molar-refractivity contribution is 5.69. The molecule has 1 aliphatic rings. The molecule has 0 aromatic carbocycles. The first kappa shape index (κ1) is 22.5. The van der Waals surface area contributed by atoms with E-state index in [0.29, 0.717) is 42.8 Å². The number of aromatic nitrogens is 4. The van der Waals surface area contributed by atoms with Gasteiger partial charge in [-0.15, -0.1) is 0 Å². The van der Waals surface area contributed by atoms with E-state index in [1.807, 2.05) is 38.9 Å². The molecule has 0 unspecified atom stereocenters. The van der Waals surface area contributed by atoms with Crippen LogP contribution in [0.1, 0.15) is 46.6 Å². The third kappa shape index (κ3) is 5.51. The Morgan fingerprint density at radius 1 is 1.32 bits per heavy atom. The Morgan fingerprint density at radius 3 is 2.65 bits per heavy atom. The SMILES string of the molecule is CC(C)C[C@@H]1CN(c2nc(-c3cnn(C)c3)ncc2C#N)CCN1C(=O)OC(C)(C)C. The summed E-state index contributed by atoms with van der Waals surface area (Å²) >= 11 is 0. The Hall–Kier alpha value is -3.15. The molecular formula is C22H31N7O2. The molecular weight excluding hydrogens is 394 g/mol. The van der Waals surface area contributed by atoms with Gasteiger partial charge in [0.15, 0.2) is 11.6 Å². The number of aryl methyl sites for hydroxylation is 1. The van der Waals surface area contributed by atoms with E-state index in [1.54, 1.807) is 17.1 Å². The van der Waals surface area contributed by atoms with Gasteiger partial charge in [-0.1, -0.05) is 13.8 Å².